The van der Waals surface area contributed by atoms with Gasteiger partial charge in [0.1, 0.15) is 11.7 Å². The molecule has 1 aliphatic heterocycles. The molecule has 2 fully saturated rings. The zero-order chi connectivity index (χ0) is 14.7. The van der Waals surface area contributed by atoms with Crippen LogP contribution >= 0.6 is 0 Å². The highest BCUT2D eigenvalue weighted by atomic mass is 16.5. The molecule has 1 aliphatic carbocycles. The molecule has 3 rings (SSSR count). The summed E-state index contributed by atoms with van der Waals surface area (Å²) >= 11 is 0. The molecule has 2 atom stereocenters. The molecule has 6 heteroatoms. The predicted molar refractivity (Wildman–Crippen MR) is 76.6 cm³/mol. The lowest BCUT2D eigenvalue weighted by Crippen LogP contribution is -2.29. The van der Waals surface area contributed by atoms with Crippen molar-refractivity contribution in [3.8, 4) is 0 Å². The molecule has 118 valence electrons. The van der Waals surface area contributed by atoms with Crippen molar-refractivity contribution in [2.24, 2.45) is 5.73 Å². The highest BCUT2D eigenvalue weighted by Crippen LogP contribution is 2.39. The Hall–Kier alpha value is -0.980. The second-order valence-corrected chi connectivity index (χ2v) is 6.13. The number of ether oxygens (including phenoxy) is 2. The van der Waals surface area contributed by atoms with E-state index in [1.165, 1.54) is 12.8 Å². The molecule has 2 N–H and O–H groups in total. The summed E-state index contributed by atoms with van der Waals surface area (Å²) in [6.45, 7) is 0.541. The Bertz CT molecular complexity index is 455. The standard InChI is InChI=1S/C15H25N3O3/c1-19-15(8-4-2-3-5-9-15)14-17-13(21-18-14)12-7-6-11(10-16)20-12/h11-12H,2-10,16H2,1H3. The van der Waals surface area contributed by atoms with E-state index in [0.29, 0.717) is 18.3 Å². The van der Waals surface area contributed by atoms with Gasteiger partial charge >= 0.3 is 0 Å². The van der Waals surface area contributed by atoms with Crippen molar-refractivity contribution in [2.45, 2.75) is 69.2 Å². The van der Waals surface area contributed by atoms with Crippen LogP contribution in [0.3, 0.4) is 0 Å². The van der Waals surface area contributed by atoms with Crippen molar-refractivity contribution in [1.82, 2.24) is 10.1 Å². The molecule has 1 aromatic heterocycles. The molecule has 2 unspecified atom stereocenters. The second-order valence-electron chi connectivity index (χ2n) is 6.13. The largest absolute Gasteiger partial charge is 0.370 e. The maximum atomic E-state index is 5.83. The van der Waals surface area contributed by atoms with Crippen LogP contribution in [-0.4, -0.2) is 29.9 Å². The lowest BCUT2D eigenvalue weighted by atomic mass is 9.93. The Kier molecular flexibility index (Phi) is 4.57. The molecule has 2 heterocycles. The number of rotatable bonds is 4. The fourth-order valence-corrected chi connectivity index (χ4v) is 3.43. The maximum absolute atomic E-state index is 5.83. The summed E-state index contributed by atoms with van der Waals surface area (Å²) in [5, 5.41) is 4.20. The van der Waals surface area contributed by atoms with Crippen molar-refractivity contribution in [1.29, 1.82) is 0 Å². The van der Waals surface area contributed by atoms with E-state index < -0.39 is 0 Å². The van der Waals surface area contributed by atoms with E-state index in [1.54, 1.807) is 7.11 Å². The van der Waals surface area contributed by atoms with Gasteiger partial charge in [-0.2, -0.15) is 4.98 Å². The first-order valence-corrected chi connectivity index (χ1v) is 8.02. The van der Waals surface area contributed by atoms with Crippen LogP contribution in [0.4, 0.5) is 0 Å². The van der Waals surface area contributed by atoms with Crippen molar-refractivity contribution in [3.05, 3.63) is 11.7 Å². The Morgan fingerprint density at radius 1 is 1.24 bits per heavy atom. The average molecular weight is 295 g/mol. The second kappa shape index (κ2) is 6.42. The normalized spacial score (nSPS) is 29.4. The van der Waals surface area contributed by atoms with Crippen molar-refractivity contribution >= 4 is 0 Å². The number of hydrogen-bond donors (Lipinski definition) is 1. The van der Waals surface area contributed by atoms with E-state index in [1.807, 2.05) is 0 Å². The molecular formula is C15H25N3O3. The van der Waals surface area contributed by atoms with Gasteiger partial charge in [0.15, 0.2) is 0 Å². The third-order valence-corrected chi connectivity index (χ3v) is 4.80. The molecule has 2 aliphatic rings. The van der Waals surface area contributed by atoms with Crippen LogP contribution in [0, 0.1) is 0 Å². The van der Waals surface area contributed by atoms with Crippen LogP contribution in [0.2, 0.25) is 0 Å². The van der Waals surface area contributed by atoms with E-state index in [4.69, 9.17) is 19.7 Å². The van der Waals surface area contributed by atoms with Crippen molar-refractivity contribution in [2.75, 3.05) is 13.7 Å². The lowest BCUT2D eigenvalue weighted by Gasteiger charge is -2.27. The number of aromatic nitrogens is 2. The van der Waals surface area contributed by atoms with Gasteiger partial charge in [0.2, 0.25) is 5.82 Å². The third-order valence-electron chi connectivity index (χ3n) is 4.80. The summed E-state index contributed by atoms with van der Waals surface area (Å²) in [6.07, 6.45) is 8.55. The minimum absolute atomic E-state index is 0.111. The van der Waals surface area contributed by atoms with E-state index >= 15 is 0 Å². The van der Waals surface area contributed by atoms with Gasteiger partial charge in [0.25, 0.3) is 5.89 Å². The third kappa shape index (κ3) is 2.98. The Morgan fingerprint density at radius 3 is 2.62 bits per heavy atom. The summed E-state index contributed by atoms with van der Waals surface area (Å²) in [5.41, 5.74) is 5.26. The first-order valence-electron chi connectivity index (χ1n) is 8.02. The maximum Gasteiger partial charge on any atom is 0.255 e. The molecule has 1 aromatic rings. The molecule has 1 saturated carbocycles. The van der Waals surface area contributed by atoms with Crippen molar-refractivity contribution in [3.63, 3.8) is 0 Å². The minimum Gasteiger partial charge on any atom is -0.370 e. The molecule has 6 nitrogen and oxygen atoms in total. The summed E-state index contributed by atoms with van der Waals surface area (Å²) in [5.74, 6) is 1.25. The van der Waals surface area contributed by atoms with E-state index in [-0.39, 0.29) is 17.8 Å². The molecular weight excluding hydrogens is 270 g/mol. The number of hydrogen-bond acceptors (Lipinski definition) is 6. The van der Waals surface area contributed by atoms with Gasteiger partial charge in [-0.25, -0.2) is 0 Å². The molecule has 0 aromatic carbocycles. The quantitative estimate of drug-likeness (QED) is 0.859. The molecule has 21 heavy (non-hydrogen) atoms. The van der Waals surface area contributed by atoms with Gasteiger partial charge < -0.3 is 19.7 Å². The van der Waals surface area contributed by atoms with Gasteiger partial charge in [-0.05, 0) is 25.7 Å². The number of nitrogens with zero attached hydrogens (tertiary/aromatic N) is 2. The summed E-state index contributed by atoms with van der Waals surface area (Å²) in [7, 11) is 1.75. The van der Waals surface area contributed by atoms with Crippen LogP contribution in [0.15, 0.2) is 4.52 Å². The van der Waals surface area contributed by atoms with E-state index in [2.05, 4.69) is 10.1 Å². The zero-order valence-corrected chi connectivity index (χ0v) is 12.7. The Labute approximate surface area is 125 Å². The minimum atomic E-state index is -0.385. The Morgan fingerprint density at radius 2 is 2.00 bits per heavy atom. The van der Waals surface area contributed by atoms with Crippen LogP contribution in [0.1, 0.15) is 69.2 Å². The van der Waals surface area contributed by atoms with Crippen LogP contribution < -0.4 is 5.73 Å². The van der Waals surface area contributed by atoms with Gasteiger partial charge in [-0.15, -0.1) is 0 Å². The first kappa shape index (κ1) is 14.9. The average Bonchev–Trinajstić information content (AvgIpc) is 3.12. The van der Waals surface area contributed by atoms with Gasteiger partial charge in [0.05, 0.1) is 6.10 Å². The molecule has 0 amide bonds. The highest BCUT2D eigenvalue weighted by Gasteiger charge is 2.39. The summed E-state index contributed by atoms with van der Waals surface area (Å²) < 4.78 is 17.1. The van der Waals surface area contributed by atoms with Crippen LogP contribution in [-0.2, 0) is 15.1 Å². The first-order chi connectivity index (χ1) is 10.3. The van der Waals surface area contributed by atoms with Gasteiger partial charge in [0, 0.05) is 13.7 Å². The number of methoxy groups -OCH3 is 1. The molecule has 0 spiro atoms. The zero-order valence-electron chi connectivity index (χ0n) is 12.7. The van der Waals surface area contributed by atoms with Crippen LogP contribution in [0.5, 0.6) is 0 Å². The topological polar surface area (TPSA) is 83.4 Å². The summed E-state index contributed by atoms with van der Waals surface area (Å²) in [4.78, 5) is 4.60. The van der Waals surface area contributed by atoms with Crippen LogP contribution in [0.25, 0.3) is 0 Å². The fourth-order valence-electron chi connectivity index (χ4n) is 3.43. The molecule has 0 radical (unpaired) electrons. The van der Waals surface area contributed by atoms with Gasteiger partial charge in [-0.1, -0.05) is 30.8 Å². The molecule has 0 bridgehead atoms. The van der Waals surface area contributed by atoms with Gasteiger partial charge in [-0.3, -0.25) is 0 Å². The molecule has 1 saturated heterocycles. The predicted octanol–water partition coefficient (Wildman–Crippen LogP) is 2.44. The SMILES string of the molecule is COC1(c2noc(C3CCC(CN)O3)n2)CCCCCC1. The lowest BCUT2D eigenvalue weighted by molar-refractivity contribution is -0.0365. The number of nitrogens with two attached hydrogens (primary N) is 1. The summed E-state index contributed by atoms with van der Waals surface area (Å²) in [6, 6.07) is 0. The van der Waals surface area contributed by atoms with E-state index in [0.717, 1.165) is 38.5 Å². The highest BCUT2D eigenvalue weighted by molar-refractivity contribution is 5.04. The van der Waals surface area contributed by atoms with Crippen molar-refractivity contribution < 1.29 is 14.0 Å². The monoisotopic (exact) mass is 295 g/mol. The van der Waals surface area contributed by atoms with E-state index in [9.17, 15) is 0 Å². The smallest absolute Gasteiger partial charge is 0.255 e. The Balaban J connectivity index is 1.76. The fraction of sp³-hybridized carbons (Fsp3) is 0.867.